The number of ether oxygens (including phenoxy) is 2. The van der Waals surface area contributed by atoms with Crippen LogP contribution >= 0.6 is 0 Å². The summed E-state index contributed by atoms with van der Waals surface area (Å²) >= 11 is 0. The molecule has 0 aliphatic carbocycles. The molecule has 2 aromatic heterocycles. The largest absolute Gasteiger partial charge is 0.453 e. The Morgan fingerprint density at radius 2 is 1.21 bits per heavy atom. The zero-order chi connectivity index (χ0) is 40.8. The standard InChI is InChI=1S/C44H46N8O6/c1-5-20-51(38(53)24-45-43(55)57-3)25-36-46-34-18-14-30-22-28(12-16-32(30)40(34)48-36)29-13-17-33-31(23-29)15-19-35-41(33)49-37(47-35)26-52(21-6-2)42(54)39(50-44(56)58-4)27-10-8-7-9-11-27/h7-19,22-23,39H,5-6,20-21,24-26H2,1-4H3,(H,45,55)(H,46,48)(H,47,49)(H,50,56)/t39-/m1/s1. The maximum atomic E-state index is 13.9. The third-order valence-electron chi connectivity index (χ3n) is 10.1. The van der Waals surface area contributed by atoms with E-state index in [0.29, 0.717) is 30.3 Å². The van der Waals surface area contributed by atoms with Gasteiger partial charge in [-0.3, -0.25) is 9.59 Å². The monoisotopic (exact) mass is 782 g/mol. The predicted octanol–water partition coefficient (Wildman–Crippen LogP) is 7.34. The van der Waals surface area contributed by atoms with Gasteiger partial charge in [0.15, 0.2) is 0 Å². The molecule has 0 radical (unpaired) electrons. The second kappa shape index (κ2) is 17.5. The number of H-pyrrole nitrogens is 2. The summed E-state index contributed by atoms with van der Waals surface area (Å²) in [4.78, 5) is 70.5. The number of aromatic nitrogens is 4. The molecule has 0 aliphatic heterocycles. The Hall–Kier alpha value is -6.96. The van der Waals surface area contributed by atoms with Gasteiger partial charge in [0.05, 0.1) is 49.4 Å². The van der Waals surface area contributed by atoms with Crippen molar-refractivity contribution < 1.29 is 28.7 Å². The number of carbonyl (C=O) groups is 4. The van der Waals surface area contributed by atoms with E-state index in [1.54, 1.807) is 9.80 Å². The highest BCUT2D eigenvalue weighted by Crippen LogP contribution is 2.33. The number of carbonyl (C=O) groups excluding carboxylic acids is 4. The fourth-order valence-corrected chi connectivity index (χ4v) is 7.31. The SMILES string of the molecule is CCCN(Cc1nc2ccc3cc(-c4ccc5c(ccc6nc(CN(CCC)C(=O)[C@H](NC(=O)OC)c7ccccc7)[nH]c65)c4)ccc3c2[nH]1)C(=O)CNC(=O)OC. The topological polar surface area (TPSA) is 175 Å². The summed E-state index contributed by atoms with van der Waals surface area (Å²) in [7, 11) is 2.53. The molecule has 0 saturated heterocycles. The number of imidazole rings is 2. The van der Waals surface area contributed by atoms with Crippen LogP contribution in [0.1, 0.15) is 49.9 Å². The van der Waals surface area contributed by atoms with Crippen molar-refractivity contribution in [2.45, 2.75) is 45.8 Å². The van der Waals surface area contributed by atoms with Crippen LogP contribution in [-0.2, 0) is 32.2 Å². The lowest BCUT2D eigenvalue weighted by Crippen LogP contribution is -2.43. The van der Waals surface area contributed by atoms with Crippen LogP contribution in [0, 0.1) is 0 Å². The third-order valence-corrected chi connectivity index (χ3v) is 10.1. The van der Waals surface area contributed by atoms with Crippen LogP contribution in [0.15, 0.2) is 91.0 Å². The summed E-state index contributed by atoms with van der Waals surface area (Å²) in [6.45, 7) is 5.35. The number of nitrogens with one attached hydrogen (secondary N) is 4. The fraction of sp³-hybridized carbons (Fsp3) is 0.273. The van der Waals surface area contributed by atoms with Gasteiger partial charge < -0.3 is 39.9 Å². The van der Waals surface area contributed by atoms with Crippen molar-refractivity contribution in [3.63, 3.8) is 0 Å². The van der Waals surface area contributed by atoms with Gasteiger partial charge >= 0.3 is 12.2 Å². The molecule has 0 unspecified atom stereocenters. The normalized spacial score (nSPS) is 11.8. The first-order valence-electron chi connectivity index (χ1n) is 19.3. The molecule has 5 aromatic carbocycles. The fourth-order valence-electron chi connectivity index (χ4n) is 7.31. The van der Waals surface area contributed by atoms with Crippen molar-refractivity contribution in [3.8, 4) is 11.1 Å². The Morgan fingerprint density at radius 1 is 0.672 bits per heavy atom. The van der Waals surface area contributed by atoms with Gasteiger partial charge in [-0.2, -0.15) is 0 Å². The molecule has 0 fully saturated rings. The third kappa shape index (κ3) is 8.41. The van der Waals surface area contributed by atoms with Crippen molar-refractivity contribution >= 4 is 67.6 Å². The summed E-state index contributed by atoms with van der Waals surface area (Å²) in [6.07, 6.45) is 0.140. The highest BCUT2D eigenvalue weighted by atomic mass is 16.5. The minimum absolute atomic E-state index is 0.157. The zero-order valence-electron chi connectivity index (χ0n) is 32.9. The van der Waals surface area contributed by atoms with Crippen LogP contribution in [0.3, 0.4) is 0 Å². The van der Waals surface area contributed by atoms with E-state index in [9.17, 15) is 19.2 Å². The van der Waals surface area contributed by atoms with E-state index in [0.717, 1.165) is 67.6 Å². The van der Waals surface area contributed by atoms with E-state index >= 15 is 0 Å². The molecule has 4 N–H and O–H groups in total. The molecule has 7 rings (SSSR count). The number of nitrogens with zero attached hydrogens (tertiary/aromatic N) is 4. The number of fused-ring (bicyclic) bond motifs is 6. The van der Waals surface area contributed by atoms with Gasteiger partial charge in [0.1, 0.15) is 24.2 Å². The maximum absolute atomic E-state index is 13.9. The smallest absolute Gasteiger partial charge is 0.407 e. The molecule has 58 heavy (non-hydrogen) atoms. The van der Waals surface area contributed by atoms with Gasteiger partial charge in [-0.1, -0.05) is 80.6 Å². The molecular formula is C44H46N8O6. The van der Waals surface area contributed by atoms with E-state index in [-0.39, 0.29) is 31.4 Å². The molecule has 4 amide bonds. The highest BCUT2D eigenvalue weighted by molar-refractivity contribution is 6.07. The quantitative estimate of drug-likeness (QED) is 0.0887. The van der Waals surface area contributed by atoms with Crippen LogP contribution < -0.4 is 10.6 Å². The van der Waals surface area contributed by atoms with E-state index in [1.807, 2.05) is 56.3 Å². The number of rotatable bonds is 14. The molecular weight excluding hydrogens is 737 g/mol. The lowest BCUT2D eigenvalue weighted by Gasteiger charge is -2.27. The average molecular weight is 783 g/mol. The van der Waals surface area contributed by atoms with Crippen LogP contribution in [0.25, 0.3) is 54.7 Å². The van der Waals surface area contributed by atoms with Gasteiger partial charge in [-0.25, -0.2) is 19.6 Å². The summed E-state index contributed by atoms with van der Waals surface area (Å²) < 4.78 is 9.43. The van der Waals surface area contributed by atoms with Gasteiger partial charge in [0, 0.05) is 23.9 Å². The minimum Gasteiger partial charge on any atom is -0.453 e. The van der Waals surface area contributed by atoms with E-state index in [1.165, 1.54) is 14.2 Å². The summed E-state index contributed by atoms with van der Waals surface area (Å²) in [5, 5.41) is 9.26. The van der Waals surface area contributed by atoms with Crippen molar-refractivity contribution in [2.75, 3.05) is 33.9 Å². The molecule has 0 spiro atoms. The van der Waals surface area contributed by atoms with Crippen molar-refractivity contribution in [3.05, 3.63) is 108 Å². The number of methoxy groups -OCH3 is 2. The van der Waals surface area contributed by atoms with Crippen molar-refractivity contribution in [1.29, 1.82) is 0 Å². The Bertz CT molecular complexity index is 2620. The van der Waals surface area contributed by atoms with Crippen LogP contribution in [0.4, 0.5) is 9.59 Å². The van der Waals surface area contributed by atoms with Crippen molar-refractivity contribution in [2.24, 2.45) is 0 Å². The Morgan fingerprint density at radius 3 is 1.74 bits per heavy atom. The van der Waals surface area contributed by atoms with E-state index in [4.69, 9.17) is 14.7 Å². The molecule has 0 bridgehead atoms. The van der Waals surface area contributed by atoms with Crippen molar-refractivity contribution in [1.82, 2.24) is 40.4 Å². The molecule has 1 atom stereocenters. The van der Waals surface area contributed by atoms with Crippen LogP contribution in [-0.4, -0.2) is 87.6 Å². The second-order valence-corrected chi connectivity index (χ2v) is 14.1. The lowest BCUT2D eigenvalue weighted by molar-refractivity contribution is -0.134. The number of hydrogen-bond donors (Lipinski definition) is 4. The predicted molar refractivity (Wildman–Crippen MR) is 223 cm³/mol. The molecule has 2 heterocycles. The molecule has 7 aromatic rings. The van der Waals surface area contributed by atoms with Gasteiger partial charge in [0.25, 0.3) is 0 Å². The van der Waals surface area contributed by atoms with E-state index in [2.05, 4.69) is 73.9 Å². The molecule has 0 saturated carbocycles. The number of aromatic amines is 2. The first-order valence-corrected chi connectivity index (χ1v) is 19.3. The Labute approximate surface area is 334 Å². The first kappa shape index (κ1) is 39.3. The Balaban J connectivity index is 1.12. The highest BCUT2D eigenvalue weighted by Gasteiger charge is 2.28. The minimum atomic E-state index is -0.912. The van der Waals surface area contributed by atoms with Crippen LogP contribution in [0.2, 0.25) is 0 Å². The first-order chi connectivity index (χ1) is 28.2. The molecule has 14 nitrogen and oxygen atoms in total. The number of hydrogen-bond acceptors (Lipinski definition) is 8. The van der Waals surface area contributed by atoms with Gasteiger partial charge in [-0.05, 0) is 64.6 Å². The second-order valence-electron chi connectivity index (χ2n) is 14.1. The summed E-state index contributed by atoms with van der Waals surface area (Å²) in [6, 6.07) is 29.0. The molecule has 14 heteroatoms. The molecule has 0 aliphatic rings. The Kier molecular flexibility index (Phi) is 11.8. The number of amides is 4. The summed E-state index contributed by atoms with van der Waals surface area (Å²) in [5.74, 6) is 0.821. The van der Waals surface area contributed by atoms with E-state index < -0.39 is 18.2 Å². The summed E-state index contributed by atoms with van der Waals surface area (Å²) in [5.41, 5.74) is 6.13. The lowest BCUT2D eigenvalue weighted by atomic mass is 9.98. The maximum Gasteiger partial charge on any atom is 0.407 e. The molecule has 298 valence electrons. The van der Waals surface area contributed by atoms with Crippen LogP contribution in [0.5, 0.6) is 0 Å². The number of alkyl carbamates (subject to hydrolysis) is 2. The zero-order valence-corrected chi connectivity index (χ0v) is 32.9. The number of benzene rings is 5. The average Bonchev–Trinajstić information content (AvgIpc) is 3.87. The van der Waals surface area contributed by atoms with Gasteiger partial charge in [-0.15, -0.1) is 0 Å². The van der Waals surface area contributed by atoms with Gasteiger partial charge in [0.2, 0.25) is 11.8 Å².